The van der Waals surface area contributed by atoms with Crippen molar-refractivity contribution in [2.75, 3.05) is 27.8 Å². The van der Waals surface area contributed by atoms with Gasteiger partial charge in [0, 0.05) is 18.6 Å². The molecule has 0 aliphatic heterocycles. The Kier molecular flexibility index (Phi) is 6.73. The topological polar surface area (TPSA) is 55.8 Å². The molecule has 8 heteroatoms. The fourth-order valence-corrected chi connectivity index (χ4v) is 4.94. The molecule has 0 spiro atoms. The van der Waals surface area contributed by atoms with Crippen LogP contribution in [0.4, 0.5) is 0 Å². The van der Waals surface area contributed by atoms with Crippen molar-refractivity contribution in [2.45, 2.75) is 11.3 Å². The van der Waals surface area contributed by atoms with Crippen LogP contribution >= 0.6 is 27.5 Å². The van der Waals surface area contributed by atoms with E-state index in [1.54, 1.807) is 13.2 Å². The van der Waals surface area contributed by atoms with Crippen LogP contribution in [-0.2, 0) is 16.4 Å². The number of hydrogen-bond acceptors (Lipinski definition) is 4. The Bertz CT molecular complexity index is 858. The minimum absolute atomic E-state index is 0.0249. The molecule has 0 saturated heterocycles. The van der Waals surface area contributed by atoms with Gasteiger partial charge in [0.15, 0.2) is 5.75 Å². The van der Waals surface area contributed by atoms with Crippen LogP contribution in [0.15, 0.2) is 45.8 Å². The van der Waals surface area contributed by atoms with Gasteiger partial charge >= 0.3 is 0 Å². The highest BCUT2D eigenvalue weighted by Gasteiger charge is 2.27. The first-order chi connectivity index (χ1) is 11.8. The van der Waals surface area contributed by atoms with Crippen LogP contribution in [0, 0.1) is 0 Å². The van der Waals surface area contributed by atoms with Gasteiger partial charge in [-0.3, -0.25) is 0 Å². The van der Waals surface area contributed by atoms with Gasteiger partial charge in [0.05, 0.1) is 18.7 Å². The molecule has 0 saturated carbocycles. The van der Waals surface area contributed by atoms with Crippen LogP contribution in [0.5, 0.6) is 11.5 Å². The second-order valence-corrected chi connectivity index (χ2v) is 8.61. The van der Waals surface area contributed by atoms with Gasteiger partial charge in [0.25, 0.3) is 0 Å². The number of halogens is 2. The van der Waals surface area contributed by atoms with Crippen LogP contribution in [-0.4, -0.2) is 40.5 Å². The van der Waals surface area contributed by atoms with Gasteiger partial charge in [-0.2, -0.15) is 0 Å². The van der Waals surface area contributed by atoms with E-state index in [0.29, 0.717) is 15.9 Å². The second-order valence-electron chi connectivity index (χ2n) is 5.31. The van der Waals surface area contributed by atoms with Crippen molar-refractivity contribution in [3.05, 3.63) is 51.5 Å². The summed E-state index contributed by atoms with van der Waals surface area (Å²) >= 11 is 9.30. The molecule has 0 fully saturated rings. The van der Waals surface area contributed by atoms with E-state index in [9.17, 15) is 8.42 Å². The molecule has 0 unspecified atom stereocenters. The first-order valence-corrected chi connectivity index (χ1v) is 10.0. The molecule has 0 aromatic heterocycles. The Hall–Kier alpha value is -1.28. The largest absolute Gasteiger partial charge is 0.496 e. The van der Waals surface area contributed by atoms with Crippen molar-refractivity contribution in [3.63, 3.8) is 0 Å². The van der Waals surface area contributed by atoms with Crippen molar-refractivity contribution >= 4 is 37.6 Å². The normalized spacial score (nSPS) is 11.6. The lowest BCUT2D eigenvalue weighted by Gasteiger charge is -2.20. The Morgan fingerprint density at radius 3 is 2.48 bits per heavy atom. The molecule has 0 amide bonds. The Morgan fingerprint density at radius 1 is 1.16 bits per heavy atom. The fraction of sp³-hybridized carbons (Fsp3) is 0.294. The van der Waals surface area contributed by atoms with Gasteiger partial charge in [-0.25, -0.2) is 12.7 Å². The fourth-order valence-electron chi connectivity index (χ4n) is 2.40. The summed E-state index contributed by atoms with van der Waals surface area (Å²) in [6, 6.07) is 10.5. The van der Waals surface area contributed by atoms with Crippen LogP contribution in [0.1, 0.15) is 5.56 Å². The molecule has 25 heavy (non-hydrogen) atoms. The Balaban J connectivity index is 2.28. The average molecular weight is 449 g/mol. The molecule has 0 bridgehead atoms. The third-order valence-corrected chi connectivity index (χ3v) is 6.42. The molecule has 0 aliphatic rings. The summed E-state index contributed by atoms with van der Waals surface area (Å²) in [6.07, 6.45) is 0.518. The van der Waals surface area contributed by atoms with Gasteiger partial charge in [-0.05, 0) is 46.1 Å². The van der Waals surface area contributed by atoms with E-state index in [2.05, 4.69) is 15.9 Å². The summed E-state index contributed by atoms with van der Waals surface area (Å²) < 4.78 is 38.2. The van der Waals surface area contributed by atoms with Gasteiger partial charge in [0.1, 0.15) is 10.6 Å². The van der Waals surface area contributed by atoms with Gasteiger partial charge < -0.3 is 9.47 Å². The summed E-state index contributed by atoms with van der Waals surface area (Å²) in [5, 5.41) is 0.310. The summed E-state index contributed by atoms with van der Waals surface area (Å²) in [7, 11) is 0.773. The number of methoxy groups -OCH3 is 2. The molecule has 0 radical (unpaired) electrons. The zero-order valence-electron chi connectivity index (χ0n) is 14.1. The summed E-state index contributed by atoms with van der Waals surface area (Å²) in [5.74, 6) is 0.963. The Morgan fingerprint density at radius 2 is 1.84 bits per heavy atom. The first-order valence-electron chi connectivity index (χ1n) is 7.42. The third-order valence-electron chi connectivity index (χ3n) is 3.76. The first kappa shape index (κ1) is 20.0. The molecule has 2 aromatic rings. The molecule has 0 heterocycles. The van der Waals surface area contributed by atoms with Crippen LogP contribution in [0.2, 0.25) is 5.02 Å². The zero-order chi connectivity index (χ0) is 18.6. The summed E-state index contributed by atoms with van der Waals surface area (Å²) in [4.78, 5) is 0.0249. The van der Waals surface area contributed by atoms with E-state index in [0.717, 1.165) is 11.3 Å². The summed E-state index contributed by atoms with van der Waals surface area (Å²) in [6.45, 7) is 0.288. The van der Waals surface area contributed by atoms with Crippen molar-refractivity contribution in [1.29, 1.82) is 0 Å². The van der Waals surface area contributed by atoms with E-state index in [4.69, 9.17) is 21.1 Å². The van der Waals surface area contributed by atoms with Gasteiger partial charge in [-0.1, -0.05) is 29.8 Å². The molecule has 5 nitrogen and oxygen atoms in total. The van der Waals surface area contributed by atoms with Gasteiger partial charge in [-0.15, -0.1) is 0 Å². The number of hydrogen-bond donors (Lipinski definition) is 0. The van der Waals surface area contributed by atoms with E-state index < -0.39 is 10.0 Å². The number of para-hydroxylation sites is 1. The Labute approximate surface area is 161 Å². The molecular formula is C17H19BrClNO4S. The standard InChI is InChI=1S/C17H19BrClNO4S/c1-20(9-8-12-6-4-5-7-15(12)23-2)25(21,22)16-11-13(19)10-14(18)17(16)24-3/h4-7,10-11H,8-9H2,1-3H3. The highest BCUT2D eigenvalue weighted by molar-refractivity contribution is 9.10. The minimum Gasteiger partial charge on any atom is -0.496 e. The highest BCUT2D eigenvalue weighted by atomic mass is 79.9. The third kappa shape index (κ3) is 4.47. The second kappa shape index (κ2) is 8.40. The lowest BCUT2D eigenvalue weighted by atomic mass is 10.1. The van der Waals surface area contributed by atoms with E-state index >= 15 is 0 Å². The quantitative estimate of drug-likeness (QED) is 0.643. The SMILES string of the molecule is COc1ccccc1CCN(C)S(=O)(=O)c1cc(Cl)cc(Br)c1OC. The molecule has 2 rings (SSSR count). The summed E-state index contributed by atoms with van der Waals surface area (Å²) in [5.41, 5.74) is 0.936. The monoisotopic (exact) mass is 447 g/mol. The molecule has 136 valence electrons. The molecule has 0 atom stereocenters. The van der Waals surface area contributed by atoms with E-state index in [1.165, 1.54) is 24.5 Å². The van der Waals surface area contributed by atoms with Crippen LogP contribution in [0.3, 0.4) is 0 Å². The number of sulfonamides is 1. The lowest BCUT2D eigenvalue weighted by molar-refractivity contribution is 0.394. The maximum atomic E-state index is 12.9. The lowest BCUT2D eigenvalue weighted by Crippen LogP contribution is -2.29. The van der Waals surface area contributed by atoms with Crippen molar-refractivity contribution in [1.82, 2.24) is 4.31 Å². The van der Waals surface area contributed by atoms with Crippen molar-refractivity contribution < 1.29 is 17.9 Å². The minimum atomic E-state index is -3.76. The van der Waals surface area contributed by atoms with Gasteiger partial charge in [0.2, 0.25) is 10.0 Å². The van der Waals surface area contributed by atoms with Crippen molar-refractivity contribution in [3.8, 4) is 11.5 Å². The molecular weight excluding hydrogens is 430 g/mol. The van der Waals surface area contributed by atoms with E-state index in [1.807, 2.05) is 24.3 Å². The highest BCUT2D eigenvalue weighted by Crippen LogP contribution is 2.36. The number of nitrogens with zero attached hydrogens (tertiary/aromatic N) is 1. The number of ether oxygens (including phenoxy) is 2. The smallest absolute Gasteiger partial charge is 0.246 e. The maximum absolute atomic E-state index is 12.9. The van der Waals surface area contributed by atoms with Crippen molar-refractivity contribution in [2.24, 2.45) is 0 Å². The molecule has 0 N–H and O–H groups in total. The number of benzene rings is 2. The molecule has 2 aromatic carbocycles. The number of likely N-dealkylation sites (N-methyl/N-ethyl adjacent to an activating group) is 1. The zero-order valence-corrected chi connectivity index (χ0v) is 17.3. The molecule has 0 aliphatic carbocycles. The maximum Gasteiger partial charge on any atom is 0.246 e. The van der Waals surface area contributed by atoms with Crippen LogP contribution in [0.25, 0.3) is 0 Å². The van der Waals surface area contributed by atoms with Crippen LogP contribution < -0.4 is 9.47 Å². The average Bonchev–Trinajstić information content (AvgIpc) is 2.59. The van der Waals surface area contributed by atoms with E-state index in [-0.39, 0.29) is 17.2 Å². The number of rotatable bonds is 7. The predicted octanol–water partition coefficient (Wildman–Crippen LogP) is 3.98. The predicted molar refractivity (Wildman–Crippen MR) is 102 cm³/mol.